The van der Waals surface area contributed by atoms with Crippen molar-refractivity contribution in [2.45, 2.75) is 51.0 Å². The van der Waals surface area contributed by atoms with Crippen molar-refractivity contribution in [3.05, 3.63) is 33.5 Å². The van der Waals surface area contributed by atoms with Crippen LogP contribution < -0.4 is 4.90 Å². The van der Waals surface area contributed by atoms with Gasteiger partial charge >= 0.3 is 0 Å². The number of aromatic nitrogens is 5. The van der Waals surface area contributed by atoms with Gasteiger partial charge in [0.2, 0.25) is 0 Å². The molecular weight excluding hydrogens is 370 g/mol. The van der Waals surface area contributed by atoms with E-state index in [0.717, 1.165) is 49.8 Å². The van der Waals surface area contributed by atoms with Crippen LogP contribution in [0.4, 0.5) is 5.82 Å². The summed E-state index contributed by atoms with van der Waals surface area (Å²) in [5.74, 6) is 2.35. The summed E-state index contributed by atoms with van der Waals surface area (Å²) in [5, 5.41) is 14.8. The van der Waals surface area contributed by atoms with E-state index in [0.29, 0.717) is 5.92 Å². The summed E-state index contributed by atoms with van der Waals surface area (Å²) in [5.41, 5.74) is 2.20. The molecule has 0 radical (unpaired) electrons. The fourth-order valence-corrected chi connectivity index (χ4v) is 5.50. The van der Waals surface area contributed by atoms with Gasteiger partial charge < -0.3 is 4.90 Å². The summed E-state index contributed by atoms with van der Waals surface area (Å²) in [4.78, 5) is 11.0. The van der Waals surface area contributed by atoms with Crippen LogP contribution in [0.2, 0.25) is 0 Å². The first-order chi connectivity index (χ1) is 13.7. The monoisotopic (exact) mass is 397 g/mol. The highest BCUT2D eigenvalue weighted by Gasteiger charge is 2.26. The second kappa shape index (κ2) is 7.40. The second-order valence-electron chi connectivity index (χ2n) is 8.15. The molecule has 4 heterocycles. The zero-order valence-corrected chi connectivity index (χ0v) is 17.5. The highest BCUT2D eigenvalue weighted by Crippen LogP contribution is 2.30. The van der Waals surface area contributed by atoms with Crippen molar-refractivity contribution in [1.82, 2.24) is 29.7 Å². The lowest BCUT2D eigenvalue weighted by Gasteiger charge is -2.30. The van der Waals surface area contributed by atoms with Crippen LogP contribution in [-0.4, -0.2) is 56.9 Å². The van der Waals surface area contributed by atoms with Crippen LogP contribution in [0.1, 0.15) is 53.0 Å². The van der Waals surface area contributed by atoms with E-state index in [1.165, 1.54) is 41.3 Å². The minimum absolute atomic E-state index is 0.417. The predicted octanol–water partition coefficient (Wildman–Crippen LogP) is 2.91. The molecule has 1 aliphatic heterocycles. The molecule has 0 aromatic carbocycles. The zero-order chi connectivity index (χ0) is 19.1. The standard InChI is InChI=1S/C20H27N7S/c1-25(2)18-8-7-17-22-23-20(27(17)24-18)14-9-11-26(12-10-14)13-19-21-15-5-3-4-6-16(15)28-19/h7-8,14H,3-6,9-13H2,1-2H3. The maximum Gasteiger partial charge on any atom is 0.178 e. The molecule has 0 N–H and O–H groups in total. The molecular formula is C20H27N7S. The Morgan fingerprint density at radius 3 is 2.71 bits per heavy atom. The van der Waals surface area contributed by atoms with Gasteiger partial charge in [-0.25, -0.2) is 4.98 Å². The zero-order valence-electron chi connectivity index (χ0n) is 16.6. The van der Waals surface area contributed by atoms with Gasteiger partial charge in [0, 0.05) is 24.9 Å². The Morgan fingerprint density at radius 1 is 1.11 bits per heavy atom. The number of aryl methyl sites for hydroxylation is 2. The van der Waals surface area contributed by atoms with Gasteiger partial charge in [-0.1, -0.05) is 0 Å². The van der Waals surface area contributed by atoms with Crippen LogP contribution in [0.5, 0.6) is 0 Å². The summed E-state index contributed by atoms with van der Waals surface area (Å²) in [7, 11) is 4.01. The molecule has 28 heavy (non-hydrogen) atoms. The lowest BCUT2D eigenvalue weighted by molar-refractivity contribution is 0.200. The molecule has 0 spiro atoms. The van der Waals surface area contributed by atoms with Crippen molar-refractivity contribution in [2.24, 2.45) is 0 Å². The van der Waals surface area contributed by atoms with Gasteiger partial charge in [0.25, 0.3) is 0 Å². The summed E-state index contributed by atoms with van der Waals surface area (Å²) >= 11 is 1.94. The number of anilines is 1. The summed E-state index contributed by atoms with van der Waals surface area (Å²) in [6.07, 6.45) is 7.24. The molecule has 1 saturated heterocycles. The van der Waals surface area contributed by atoms with Gasteiger partial charge in [0.15, 0.2) is 11.5 Å². The molecule has 1 fully saturated rings. The molecule has 0 amide bonds. The van der Waals surface area contributed by atoms with Crippen LogP contribution in [0, 0.1) is 0 Å². The van der Waals surface area contributed by atoms with Gasteiger partial charge in [-0.2, -0.15) is 4.52 Å². The van der Waals surface area contributed by atoms with Crippen LogP contribution in [0.3, 0.4) is 0 Å². The van der Waals surface area contributed by atoms with Crippen LogP contribution >= 0.6 is 11.3 Å². The van der Waals surface area contributed by atoms with Gasteiger partial charge in [-0.15, -0.1) is 26.6 Å². The fraction of sp³-hybridized carbons (Fsp3) is 0.600. The van der Waals surface area contributed by atoms with E-state index < -0.39 is 0 Å². The number of fused-ring (bicyclic) bond motifs is 2. The first kappa shape index (κ1) is 18.0. The number of likely N-dealkylation sites (tertiary alicyclic amines) is 1. The lowest BCUT2D eigenvalue weighted by Crippen LogP contribution is -2.33. The molecule has 8 heteroatoms. The van der Waals surface area contributed by atoms with E-state index in [1.807, 2.05) is 47.0 Å². The van der Waals surface area contributed by atoms with E-state index in [-0.39, 0.29) is 0 Å². The van der Waals surface area contributed by atoms with Crippen molar-refractivity contribution in [2.75, 3.05) is 32.1 Å². The van der Waals surface area contributed by atoms with Crippen molar-refractivity contribution in [3.8, 4) is 0 Å². The Hall–Kier alpha value is -2.06. The second-order valence-corrected chi connectivity index (χ2v) is 9.32. The SMILES string of the molecule is CN(C)c1ccc2nnc(C3CCN(Cc4nc5c(s4)CCCC5)CC3)n2n1. The third-order valence-corrected chi connectivity index (χ3v) is 7.07. The first-order valence-electron chi connectivity index (χ1n) is 10.3. The Bertz CT molecular complexity index is 945. The number of thiazole rings is 1. The first-order valence-corrected chi connectivity index (χ1v) is 11.1. The van der Waals surface area contributed by atoms with Crippen molar-refractivity contribution in [3.63, 3.8) is 0 Å². The van der Waals surface area contributed by atoms with E-state index in [2.05, 4.69) is 15.1 Å². The van der Waals surface area contributed by atoms with Gasteiger partial charge in [-0.05, 0) is 63.7 Å². The van der Waals surface area contributed by atoms with Crippen molar-refractivity contribution >= 4 is 22.8 Å². The van der Waals surface area contributed by atoms with E-state index in [4.69, 9.17) is 10.1 Å². The van der Waals surface area contributed by atoms with E-state index >= 15 is 0 Å². The summed E-state index contributed by atoms with van der Waals surface area (Å²) in [6, 6.07) is 3.99. The largest absolute Gasteiger partial charge is 0.361 e. The number of hydrogen-bond donors (Lipinski definition) is 0. The number of nitrogens with zero attached hydrogens (tertiary/aromatic N) is 7. The Morgan fingerprint density at radius 2 is 1.93 bits per heavy atom. The molecule has 0 atom stereocenters. The average molecular weight is 398 g/mol. The van der Waals surface area contributed by atoms with Gasteiger partial charge in [0.1, 0.15) is 10.8 Å². The predicted molar refractivity (Wildman–Crippen MR) is 111 cm³/mol. The molecule has 148 valence electrons. The Kier molecular flexibility index (Phi) is 4.76. The molecule has 7 nitrogen and oxygen atoms in total. The van der Waals surface area contributed by atoms with E-state index in [1.54, 1.807) is 0 Å². The number of piperidine rings is 1. The topological polar surface area (TPSA) is 62.5 Å². The minimum Gasteiger partial charge on any atom is -0.361 e. The number of rotatable bonds is 4. The van der Waals surface area contributed by atoms with Crippen molar-refractivity contribution < 1.29 is 0 Å². The van der Waals surface area contributed by atoms with Crippen molar-refractivity contribution in [1.29, 1.82) is 0 Å². The minimum atomic E-state index is 0.417. The molecule has 3 aromatic rings. The normalized spacial score (nSPS) is 18.5. The average Bonchev–Trinajstić information content (AvgIpc) is 3.31. The third-order valence-electron chi connectivity index (χ3n) is 5.93. The molecule has 0 unspecified atom stereocenters. The molecule has 1 aliphatic carbocycles. The Labute approximate surface area is 169 Å². The highest BCUT2D eigenvalue weighted by molar-refractivity contribution is 7.11. The number of hydrogen-bond acceptors (Lipinski definition) is 7. The van der Waals surface area contributed by atoms with Gasteiger partial charge in [0.05, 0.1) is 12.2 Å². The molecule has 0 bridgehead atoms. The summed E-state index contributed by atoms with van der Waals surface area (Å²) in [6.45, 7) is 3.16. The lowest BCUT2D eigenvalue weighted by atomic mass is 9.96. The summed E-state index contributed by atoms with van der Waals surface area (Å²) < 4.78 is 1.94. The van der Waals surface area contributed by atoms with Crippen LogP contribution in [-0.2, 0) is 19.4 Å². The molecule has 2 aliphatic rings. The maximum absolute atomic E-state index is 4.92. The quantitative estimate of drug-likeness (QED) is 0.675. The van der Waals surface area contributed by atoms with E-state index in [9.17, 15) is 0 Å². The van der Waals surface area contributed by atoms with Crippen LogP contribution in [0.25, 0.3) is 5.65 Å². The van der Waals surface area contributed by atoms with Crippen LogP contribution in [0.15, 0.2) is 12.1 Å². The molecule has 5 rings (SSSR count). The Balaban J connectivity index is 1.26. The molecule has 0 saturated carbocycles. The van der Waals surface area contributed by atoms with Gasteiger partial charge in [-0.3, -0.25) is 4.90 Å². The maximum atomic E-state index is 4.92. The molecule has 3 aromatic heterocycles. The highest BCUT2D eigenvalue weighted by atomic mass is 32.1. The smallest absolute Gasteiger partial charge is 0.178 e. The third kappa shape index (κ3) is 3.39. The fourth-order valence-electron chi connectivity index (χ4n) is 4.30.